The van der Waals surface area contributed by atoms with Crippen molar-refractivity contribution in [3.63, 3.8) is 0 Å². The van der Waals surface area contributed by atoms with Crippen LogP contribution >= 0.6 is 11.3 Å². The molecule has 1 aromatic heterocycles. The minimum Gasteiger partial charge on any atom is -0.312 e. The molecule has 102 valence electrons. The molecule has 1 heterocycles. The van der Waals surface area contributed by atoms with E-state index < -0.39 is 0 Å². The monoisotopic (exact) mass is 273 g/mol. The highest BCUT2D eigenvalue weighted by Gasteiger charge is 2.24. The van der Waals surface area contributed by atoms with Crippen LogP contribution in [0.1, 0.15) is 49.4 Å². The summed E-state index contributed by atoms with van der Waals surface area (Å²) in [6, 6.07) is 11.7. The quantitative estimate of drug-likeness (QED) is 0.764. The summed E-state index contributed by atoms with van der Waals surface area (Å²) in [5, 5.41) is 4.99. The topological polar surface area (TPSA) is 12.0 Å². The summed E-state index contributed by atoms with van der Waals surface area (Å²) in [5.41, 5.74) is 0. The van der Waals surface area contributed by atoms with Gasteiger partial charge in [-0.25, -0.2) is 0 Å². The van der Waals surface area contributed by atoms with E-state index in [2.05, 4.69) is 42.7 Å². The highest BCUT2D eigenvalue weighted by Crippen LogP contribution is 2.38. The largest absolute Gasteiger partial charge is 0.312 e. The van der Waals surface area contributed by atoms with E-state index in [1.807, 2.05) is 11.3 Å². The molecule has 1 saturated carbocycles. The van der Waals surface area contributed by atoms with Gasteiger partial charge in [0, 0.05) is 15.6 Å². The lowest BCUT2D eigenvalue weighted by atomic mass is 9.91. The zero-order chi connectivity index (χ0) is 13.1. The normalized spacial score (nSPS) is 19.4. The van der Waals surface area contributed by atoms with Crippen molar-refractivity contribution in [3.8, 4) is 0 Å². The van der Waals surface area contributed by atoms with Crippen LogP contribution in [-0.2, 0) is 0 Å². The van der Waals surface area contributed by atoms with Crippen molar-refractivity contribution < 1.29 is 0 Å². The standard InChI is InChI=1S/C17H23NS/c1-18-17(13-8-4-2-3-5-9-13)16-12-14-10-6-7-11-15(14)19-16/h6-7,10-13,17-18H,2-5,8-9H2,1H3. The molecule has 19 heavy (non-hydrogen) atoms. The molecule has 1 fully saturated rings. The lowest BCUT2D eigenvalue weighted by Gasteiger charge is -2.24. The smallest absolute Gasteiger partial charge is 0.0441 e. The maximum atomic E-state index is 3.59. The lowest BCUT2D eigenvalue weighted by Crippen LogP contribution is -2.24. The van der Waals surface area contributed by atoms with Crippen LogP contribution in [-0.4, -0.2) is 7.05 Å². The van der Waals surface area contributed by atoms with Gasteiger partial charge in [0.15, 0.2) is 0 Å². The van der Waals surface area contributed by atoms with Gasteiger partial charge in [-0.15, -0.1) is 11.3 Å². The van der Waals surface area contributed by atoms with Gasteiger partial charge in [0.2, 0.25) is 0 Å². The summed E-state index contributed by atoms with van der Waals surface area (Å²) < 4.78 is 1.42. The number of benzene rings is 1. The van der Waals surface area contributed by atoms with Gasteiger partial charge in [-0.1, -0.05) is 43.9 Å². The molecule has 0 saturated heterocycles. The van der Waals surface area contributed by atoms with E-state index in [0.29, 0.717) is 6.04 Å². The van der Waals surface area contributed by atoms with Gasteiger partial charge < -0.3 is 5.32 Å². The fourth-order valence-electron chi connectivity index (χ4n) is 3.41. The van der Waals surface area contributed by atoms with Gasteiger partial charge in [0.25, 0.3) is 0 Å². The fourth-order valence-corrected chi connectivity index (χ4v) is 4.68. The fraction of sp³-hybridized carbons (Fsp3) is 0.529. The van der Waals surface area contributed by atoms with Crippen LogP contribution in [0.25, 0.3) is 10.1 Å². The van der Waals surface area contributed by atoms with Crippen LogP contribution in [0.15, 0.2) is 30.3 Å². The highest BCUT2D eigenvalue weighted by molar-refractivity contribution is 7.19. The molecule has 2 aromatic rings. The third kappa shape index (κ3) is 2.85. The summed E-state index contributed by atoms with van der Waals surface area (Å²) in [6.07, 6.45) is 8.46. The molecule has 3 rings (SSSR count). The lowest BCUT2D eigenvalue weighted by molar-refractivity contribution is 0.346. The number of fused-ring (bicyclic) bond motifs is 1. The van der Waals surface area contributed by atoms with Crippen molar-refractivity contribution in [1.82, 2.24) is 5.32 Å². The first-order valence-corrected chi connectivity index (χ1v) is 8.36. The number of hydrogen-bond donors (Lipinski definition) is 1. The third-order valence-electron chi connectivity index (χ3n) is 4.43. The average molecular weight is 273 g/mol. The second kappa shape index (κ2) is 6.06. The van der Waals surface area contributed by atoms with Crippen molar-refractivity contribution in [3.05, 3.63) is 35.2 Å². The Labute approximate surface area is 120 Å². The van der Waals surface area contributed by atoms with E-state index in [0.717, 1.165) is 5.92 Å². The van der Waals surface area contributed by atoms with Gasteiger partial charge in [0.05, 0.1) is 0 Å². The molecule has 0 bridgehead atoms. The molecule has 1 nitrogen and oxygen atoms in total. The molecule has 0 amide bonds. The maximum absolute atomic E-state index is 3.59. The summed E-state index contributed by atoms with van der Waals surface area (Å²) >= 11 is 1.97. The van der Waals surface area contributed by atoms with E-state index in [-0.39, 0.29) is 0 Å². The van der Waals surface area contributed by atoms with E-state index in [1.54, 1.807) is 0 Å². The predicted octanol–water partition coefficient (Wildman–Crippen LogP) is 5.13. The minimum absolute atomic E-state index is 0.551. The molecule has 1 unspecified atom stereocenters. The van der Waals surface area contributed by atoms with Crippen molar-refractivity contribution in [2.45, 2.75) is 44.6 Å². The molecule has 0 radical (unpaired) electrons. The molecule has 2 heteroatoms. The minimum atomic E-state index is 0.551. The van der Waals surface area contributed by atoms with E-state index in [1.165, 1.54) is 53.5 Å². The molecule has 1 aliphatic rings. The highest BCUT2D eigenvalue weighted by atomic mass is 32.1. The van der Waals surface area contributed by atoms with Crippen LogP contribution in [0.2, 0.25) is 0 Å². The Morgan fingerprint density at radius 2 is 1.84 bits per heavy atom. The van der Waals surface area contributed by atoms with Crippen LogP contribution in [0.5, 0.6) is 0 Å². The first-order chi connectivity index (χ1) is 9.38. The average Bonchev–Trinajstić information content (AvgIpc) is 2.67. The Morgan fingerprint density at radius 3 is 2.53 bits per heavy atom. The van der Waals surface area contributed by atoms with Gasteiger partial charge in [-0.3, -0.25) is 0 Å². The molecule has 1 N–H and O–H groups in total. The Hall–Kier alpha value is -0.860. The molecular formula is C17H23NS. The summed E-state index contributed by atoms with van der Waals surface area (Å²) in [7, 11) is 2.12. The molecule has 0 aliphatic heterocycles. The molecule has 1 atom stereocenters. The van der Waals surface area contributed by atoms with Crippen molar-refractivity contribution in [2.75, 3.05) is 7.05 Å². The summed E-state index contributed by atoms with van der Waals surface area (Å²) in [5.74, 6) is 0.820. The van der Waals surface area contributed by atoms with Gasteiger partial charge in [0.1, 0.15) is 0 Å². The predicted molar refractivity (Wildman–Crippen MR) is 84.8 cm³/mol. The summed E-state index contributed by atoms with van der Waals surface area (Å²) in [6.45, 7) is 0. The second-order valence-corrected chi connectivity index (χ2v) is 6.82. The van der Waals surface area contributed by atoms with Crippen molar-refractivity contribution >= 4 is 21.4 Å². The van der Waals surface area contributed by atoms with E-state index in [4.69, 9.17) is 0 Å². The van der Waals surface area contributed by atoms with E-state index >= 15 is 0 Å². The number of rotatable bonds is 3. The number of hydrogen-bond acceptors (Lipinski definition) is 2. The second-order valence-electron chi connectivity index (χ2n) is 5.70. The van der Waals surface area contributed by atoms with Gasteiger partial charge in [-0.2, -0.15) is 0 Å². The molecule has 1 aliphatic carbocycles. The molecule has 0 spiro atoms. The zero-order valence-corrected chi connectivity index (χ0v) is 12.5. The third-order valence-corrected chi connectivity index (χ3v) is 5.63. The Balaban J connectivity index is 1.87. The number of nitrogens with one attached hydrogen (secondary N) is 1. The van der Waals surface area contributed by atoms with Gasteiger partial charge in [-0.05, 0) is 43.3 Å². The van der Waals surface area contributed by atoms with Crippen molar-refractivity contribution in [2.24, 2.45) is 5.92 Å². The zero-order valence-electron chi connectivity index (χ0n) is 11.7. The van der Waals surface area contributed by atoms with Crippen LogP contribution < -0.4 is 5.32 Å². The van der Waals surface area contributed by atoms with Crippen LogP contribution in [0.3, 0.4) is 0 Å². The summed E-state index contributed by atoms with van der Waals surface area (Å²) in [4.78, 5) is 1.52. The molecule has 1 aromatic carbocycles. The Bertz CT molecular complexity index is 490. The first-order valence-electron chi connectivity index (χ1n) is 7.54. The maximum Gasteiger partial charge on any atom is 0.0441 e. The van der Waals surface area contributed by atoms with Crippen LogP contribution in [0.4, 0.5) is 0 Å². The first kappa shape index (κ1) is 13.1. The molecular weight excluding hydrogens is 250 g/mol. The van der Waals surface area contributed by atoms with E-state index in [9.17, 15) is 0 Å². The number of thiophene rings is 1. The SMILES string of the molecule is CNC(c1cc2ccccc2s1)C1CCCCCC1. The van der Waals surface area contributed by atoms with Crippen molar-refractivity contribution in [1.29, 1.82) is 0 Å². The van der Waals surface area contributed by atoms with Crippen LogP contribution in [0, 0.1) is 5.92 Å². The van der Waals surface area contributed by atoms with Gasteiger partial charge >= 0.3 is 0 Å². The Kier molecular flexibility index (Phi) is 4.19. The Morgan fingerprint density at radius 1 is 1.11 bits per heavy atom.